The van der Waals surface area contributed by atoms with Crippen molar-refractivity contribution >= 4 is 28.2 Å². The van der Waals surface area contributed by atoms with Gasteiger partial charge in [0.15, 0.2) is 22.4 Å². The van der Waals surface area contributed by atoms with Crippen LogP contribution in [0, 0.1) is 0 Å². The molecule has 0 spiro atoms. The van der Waals surface area contributed by atoms with Crippen molar-refractivity contribution in [2.24, 2.45) is 5.73 Å². The van der Waals surface area contributed by atoms with Gasteiger partial charge in [0.05, 0.1) is 38.8 Å². The molecule has 0 saturated carbocycles. The first kappa shape index (κ1) is 30.7. The van der Waals surface area contributed by atoms with Crippen molar-refractivity contribution in [3.63, 3.8) is 0 Å². The van der Waals surface area contributed by atoms with Gasteiger partial charge >= 0.3 is 0 Å². The van der Waals surface area contributed by atoms with Gasteiger partial charge in [-0.25, -0.2) is 14.6 Å². The lowest BCUT2D eigenvalue weighted by atomic mass is 9.98. The summed E-state index contributed by atoms with van der Waals surface area (Å²) in [5, 5.41) is 9.38. The first-order chi connectivity index (χ1) is 20.4. The SMILES string of the molecule is CCCCCCC[C@H](N)C(=O)Nc1nc(-c2ccc(C(=O)c3cc(OC)c(OC)c(OC)c3)c(-n3cncn3)c2)cs1. The number of nitrogens with two attached hydrogens (primary N) is 1. The van der Waals surface area contributed by atoms with Crippen LogP contribution in [0.2, 0.25) is 0 Å². The van der Waals surface area contributed by atoms with Gasteiger partial charge in [0.25, 0.3) is 0 Å². The van der Waals surface area contributed by atoms with Gasteiger partial charge in [-0.2, -0.15) is 5.10 Å². The minimum absolute atomic E-state index is 0.249. The summed E-state index contributed by atoms with van der Waals surface area (Å²) in [5.41, 5.74) is 8.72. The Balaban J connectivity index is 1.57. The molecule has 1 atom stereocenters. The molecule has 0 unspecified atom stereocenters. The Morgan fingerprint density at radius 3 is 2.40 bits per heavy atom. The zero-order valence-electron chi connectivity index (χ0n) is 24.3. The van der Waals surface area contributed by atoms with E-state index in [-0.39, 0.29) is 11.7 Å². The number of rotatable bonds is 15. The minimum Gasteiger partial charge on any atom is -0.493 e. The van der Waals surface area contributed by atoms with Crippen molar-refractivity contribution in [1.29, 1.82) is 0 Å². The van der Waals surface area contributed by atoms with Crippen LogP contribution < -0.4 is 25.3 Å². The van der Waals surface area contributed by atoms with Crippen molar-refractivity contribution in [3.05, 3.63) is 59.5 Å². The molecule has 12 heteroatoms. The number of hydrogen-bond acceptors (Lipinski definition) is 10. The second-order valence-corrected chi connectivity index (χ2v) is 10.5. The van der Waals surface area contributed by atoms with Gasteiger partial charge in [-0.1, -0.05) is 45.1 Å². The van der Waals surface area contributed by atoms with Gasteiger partial charge in [-0.3, -0.25) is 9.59 Å². The molecule has 0 aliphatic rings. The van der Waals surface area contributed by atoms with Crippen LogP contribution in [-0.2, 0) is 4.79 Å². The summed E-state index contributed by atoms with van der Waals surface area (Å²) < 4.78 is 17.8. The van der Waals surface area contributed by atoms with Crippen molar-refractivity contribution in [2.75, 3.05) is 26.6 Å². The predicted octanol–water partition coefficient (Wildman–Crippen LogP) is 5.27. The number of nitrogens with one attached hydrogen (secondary N) is 1. The fourth-order valence-corrected chi connectivity index (χ4v) is 5.26. The average Bonchev–Trinajstić information content (AvgIpc) is 3.72. The van der Waals surface area contributed by atoms with Crippen LogP contribution in [0.15, 0.2) is 48.4 Å². The van der Waals surface area contributed by atoms with Crippen LogP contribution in [0.25, 0.3) is 16.9 Å². The third-order valence-corrected chi connectivity index (χ3v) is 7.58. The Hall–Kier alpha value is -4.29. The Bertz CT molecular complexity index is 1480. The lowest BCUT2D eigenvalue weighted by molar-refractivity contribution is -0.117. The van der Waals surface area contributed by atoms with E-state index in [0.29, 0.717) is 51.3 Å². The molecular weight excluding hydrogens is 556 g/mol. The molecule has 4 rings (SSSR count). The van der Waals surface area contributed by atoms with Crippen molar-refractivity contribution in [3.8, 4) is 34.2 Å². The molecule has 2 aromatic carbocycles. The molecule has 42 heavy (non-hydrogen) atoms. The maximum Gasteiger partial charge on any atom is 0.243 e. The molecule has 0 bridgehead atoms. The molecule has 2 heterocycles. The van der Waals surface area contributed by atoms with Gasteiger partial charge in [-0.15, -0.1) is 11.3 Å². The van der Waals surface area contributed by atoms with E-state index in [4.69, 9.17) is 19.9 Å². The van der Waals surface area contributed by atoms with Crippen LogP contribution >= 0.6 is 11.3 Å². The molecule has 0 fully saturated rings. The molecule has 11 nitrogen and oxygen atoms in total. The number of hydrogen-bond donors (Lipinski definition) is 2. The van der Waals surface area contributed by atoms with Crippen molar-refractivity contribution in [1.82, 2.24) is 19.7 Å². The molecule has 2 aromatic heterocycles. The monoisotopic (exact) mass is 592 g/mol. The van der Waals surface area contributed by atoms with E-state index in [9.17, 15) is 9.59 Å². The highest BCUT2D eigenvalue weighted by Gasteiger charge is 2.22. The highest BCUT2D eigenvalue weighted by Crippen LogP contribution is 2.39. The van der Waals surface area contributed by atoms with Gasteiger partial charge in [0, 0.05) is 22.1 Å². The molecule has 1 amide bonds. The average molecular weight is 593 g/mol. The number of carbonyl (C=O) groups is 2. The number of carbonyl (C=O) groups excluding carboxylic acids is 2. The number of thiazole rings is 1. The summed E-state index contributed by atoms with van der Waals surface area (Å²) >= 11 is 1.31. The number of benzene rings is 2. The molecule has 222 valence electrons. The van der Waals surface area contributed by atoms with Crippen LogP contribution in [-0.4, -0.2) is 58.8 Å². The van der Waals surface area contributed by atoms with Gasteiger partial charge in [0.1, 0.15) is 12.7 Å². The van der Waals surface area contributed by atoms with Crippen LogP contribution in [0.3, 0.4) is 0 Å². The maximum atomic E-state index is 13.8. The van der Waals surface area contributed by atoms with E-state index in [1.165, 1.54) is 62.8 Å². The van der Waals surface area contributed by atoms with Gasteiger partial charge < -0.3 is 25.3 Å². The fraction of sp³-hybridized carbons (Fsp3) is 0.367. The second-order valence-electron chi connectivity index (χ2n) is 9.65. The third kappa shape index (κ3) is 7.12. The summed E-state index contributed by atoms with van der Waals surface area (Å²) in [6, 6.07) is 7.95. The summed E-state index contributed by atoms with van der Waals surface area (Å²) in [4.78, 5) is 35.0. The van der Waals surface area contributed by atoms with E-state index in [1.807, 2.05) is 11.4 Å². The number of methoxy groups -OCH3 is 3. The van der Waals surface area contributed by atoms with Crippen LogP contribution in [0.5, 0.6) is 17.2 Å². The summed E-state index contributed by atoms with van der Waals surface area (Å²) in [6.45, 7) is 2.17. The first-order valence-corrected chi connectivity index (χ1v) is 14.6. The molecule has 0 saturated heterocycles. The smallest absolute Gasteiger partial charge is 0.243 e. The molecule has 4 aromatic rings. The van der Waals surface area contributed by atoms with Gasteiger partial charge in [0.2, 0.25) is 11.7 Å². The topological polar surface area (TPSA) is 143 Å². The number of aromatic nitrogens is 4. The van der Waals surface area contributed by atoms with E-state index in [0.717, 1.165) is 24.8 Å². The number of amides is 1. The number of ketones is 1. The normalized spacial score (nSPS) is 11.6. The number of ether oxygens (including phenoxy) is 3. The first-order valence-electron chi connectivity index (χ1n) is 13.8. The second kappa shape index (κ2) is 14.6. The Kier molecular flexibility index (Phi) is 10.6. The van der Waals surface area contributed by atoms with Gasteiger partial charge in [-0.05, 0) is 30.7 Å². The Morgan fingerprint density at radius 1 is 1.02 bits per heavy atom. The number of unbranched alkanes of at least 4 members (excludes halogenated alkanes) is 4. The summed E-state index contributed by atoms with van der Waals surface area (Å²) in [6.07, 6.45) is 9.06. The Morgan fingerprint density at radius 2 is 1.76 bits per heavy atom. The number of nitrogens with zero attached hydrogens (tertiary/aromatic N) is 4. The number of anilines is 1. The predicted molar refractivity (Wildman–Crippen MR) is 162 cm³/mol. The zero-order valence-corrected chi connectivity index (χ0v) is 25.1. The quantitative estimate of drug-likeness (QED) is 0.139. The molecule has 0 aliphatic carbocycles. The zero-order chi connectivity index (χ0) is 30.1. The summed E-state index contributed by atoms with van der Waals surface area (Å²) in [5.74, 6) is 0.602. The van der Waals surface area contributed by atoms with Crippen molar-refractivity contribution in [2.45, 2.75) is 51.5 Å². The molecule has 0 radical (unpaired) electrons. The minimum atomic E-state index is -0.585. The van der Waals surface area contributed by atoms with E-state index in [2.05, 4.69) is 27.3 Å². The van der Waals surface area contributed by atoms with E-state index >= 15 is 0 Å². The summed E-state index contributed by atoms with van der Waals surface area (Å²) in [7, 11) is 4.49. The maximum absolute atomic E-state index is 13.8. The molecular formula is C30H36N6O5S. The highest BCUT2D eigenvalue weighted by atomic mass is 32.1. The largest absolute Gasteiger partial charge is 0.493 e. The van der Waals surface area contributed by atoms with Crippen LogP contribution in [0.4, 0.5) is 5.13 Å². The molecule has 3 N–H and O–H groups in total. The lowest BCUT2D eigenvalue weighted by Crippen LogP contribution is -2.35. The Labute approximate surface area is 249 Å². The van der Waals surface area contributed by atoms with Crippen LogP contribution in [0.1, 0.15) is 61.4 Å². The fourth-order valence-electron chi connectivity index (χ4n) is 4.53. The van der Waals surface area contributed by atoms with E-state index in [1.54, 1.807) is 24.3 Å². The standard InChI is InChI=1S/C30H36N6O5S/c1-5-6-7-8-9-10-22(31)29(38)35-30-34-23(16-42-30)19-11-12-21(24(13-19)36-18-32-17-33-36)27(37)20-14-25(39-2)28(41-4)26(15-20)40-3/h11-18,22H,5-10,31H2,1-4H3,(H,34,35,38)/t22-/m0/s1. The van der Waals surface area contributed by atoms with E-state index < -0.39 is 6.04 Å². The molecule has 0 aliphatic heterocycles. The lowest BCUT2D eigenvalue weighted by Gasteiger charge is -2.15. The highest BCUT2D eigenvalue weighted by molar-refractivity contribution is 7.14. The third-order valence-electron chi connectivity index (χ3n) is 6.82. The van der Waals surface area contributed by atoms with Crippen molar-refractivity contribution < 1.29 is 23.8 Å².